The Morgan fingerprint density at radius 3 is 2.93 bits per heavy atom. The van der Waals surface area contributed by atoms with E-state index in [9.17, 15) is 0 Å². The lowest BCUT2D eigenvalue weighted by molar-refractivity contribution is 0.274. The van der Waals surface area contributed by atoms with E-state index in [0.29, 0.717) is 5.92 Å². The molecule has 1 N–H and O–H groups in total. The molecule has 1 unspecified atom stereocenters. The molecule has 2 heteroatoms. The highest BCUT2D eigenvalue weighted by Gasteiger charge is 1.94. The van der Waals surface area contributed by atoms with Crippen LogP contribution in [0.2, 0.25) is 0 Å². The second-order valence-corrected chi connectivity index (χ2v) is 4.65. The zero-order valence-electron chi connectivity index (χ0n) is 8.28. The Morgan fingerprint density at radius 1 is 1.50 bits per heavy atom. The Bertz CT molecular complexity index is 307. The van der Waals surface area contributed by atoms with Crippen molar-refractivity contribution in [2.24, 2.45) is 5.92 Å². The van der Waals surface area contributed by atoms with E-state index in [1.165, 1.54) is 9.13 Å². The highest BCUT2D eigenvalue weighted by atomic mass is 127. The van der Waals surface area contributed by atoms with Crippen LogP contribution in [0.1, 0.15) is 18.9 Å². The van der Waals surface area contributed by atoms with E-state index < -0.39 is 0 Å². The number of hydrogen-bond acceptors (Lipinski definition) is 1. The Hall–Kier alpha value is -0.350. The maximum Gasteiger partial charge on any atom is 0.0436 e. The van der Waals surface area contributed by atoms with Gasteiger partial charge in [0.2, 0.25) is 0 Å². The second-order valence-electron chi connectivity index (χ2n) is 3.40. The predicted octanol–water partition coefficient (Wildman–Crippen LogP) is 3.32. The summed E-state index contributed by atoms with van der Waals surface area (Å²) >= 11 is 2.31. The summed E-state index contributed by atoms with van der Waals surface area (Å²) in [6.45, 7) is 2.37. The molecular weight excluding hydrogens is 287 g/mol. The van der Waals surface area contributed by atoms with Crippen LogP contribution in [-0.4, -0.2) is 11.7 Å². The molecule has 0 aliphatic heterocycles. The fourth-order valence-electron chi connectivity index (χ4n) is 1.19. The molecular formula is C12H15IO. The number of halogens is 1. The van der Waals surface area contributed by atoms with Crippen molar-refractivity contribution < 1.29 is 5.11 Å². The molecule has 0 aliphatic rings. The molecule has 0 saturated heterocycles. The van der Waals surface area contributed by atoms with Crippen molar-refractivity contribution >= 4 is 28.7 Å². The van der Waals surface area contributed by atoms with Crippen LogP contribution >= 0.6 is 22.6 Å². The van der Waals surface area contributed by atoms with Crippen LogP contribution in [-0.2, 0) is 0 Å². The highest BCUT2D eigenvalue weighted by molar-refractivity contribution is 14.1. The molecule has 1 aromatic rings. The molecule has 1 nitrogen and oxygen atoms in total. The number of rotatable bonds is 4. The molecule has 1 aromatic carbocycles. The third kappa shape index (κ3) is 4.24. The van der Waals surface area contributed by atoms with E-state index in [1.807, 2.05) is 0 Å². The predicted molar refractivity (Wildman–Crippen MR) is 69.1 cm³/mol. The van der Waals surface area contributed by atoms with Gasteiger partial charge in [0.15, 0.2) is 0 Å². The Kier molecular flexibility index (Phi) is 5.19. The molecule has 1 rings (SSSR count). The van der Waals surface area contributed by atoms with Crippen LogP contribution in [0.15, 0.2) is 30.3 Å². The number of aliphatic hydroxyl groups is 1. The molecule has 0 saturated carbocycles. The number of benzene rings is 1. The van der Waals surface area contributed by atoms with Crippen LogP contribution in [0.4, 0.5) is 0 Å². The molecule has 0 radical (unpaired) electrons. The first-order valence-corrected chi connectivity index (χ1v) is 5.85. The first kappa shape index (κ1) is 11.7. The molecule has 0 amide bonds. The smallest absolute Gasteiger partial charge is 0.0436 e. The average Bonchev–Trinajstić information content (AvgIpc) is 2.15. The summed E-state index contributed by atoms with van der Waals surface area (Å²) in [5, 5.41) is 8.74. The fourth-order valence-corrected chi connectivity index (χ4v) is 1.75. The first-order valence-electron chi connectivity index (χ1n) is 4.77. The van der Waals surface area contributed by atoms with Gasteiger partial charge in [0.05, 0.1) is 0 Å². The number of allylic oxidation sites excluding steroid dienone is 1. The van der Waals surface area contributed by atoms with Crippen molar-refractivity contribution in [3.05, 3.63) is 39.5 Å². The average molecular weight is 302 g/mol. The minimum absolute atomic E-state index is 0.262. The van der Waals surface area contributed by atoms with Crippen LogP contribution in [0.3, 0.4) is 0 Å². The zero-order valence-corrected chi connectivity index (χ0v) is 10.4. The Balaban J connectivity index is 2.59. The third-order valence-electron chi connectivity index (χ3n) is 2.05. The van der Waals surface area contributed by atoms with E-state index in [0.717, 1.165) is 6.42 Å². The van der Waals surface area contributed by atoms with Gasteiger partial charge in [-0.3, -0.25) is 0 Å². The normalized spacial score (nSPS) is 13.4. The van der Waals surface area contributed by atoms with Gasteiger partial charge in [-0.25, -0.2) is 0 Å². The molecule has 14 heavy (non-hydrogen) atoms. The van der Waals surface area contributed by atoms with Crippen LogP contribution in [0.5, 0.6) is 0 Å². The quantitative estimate of drug-likeness (QED) is 0.846. The maximum absolute atomic E-state index is 8.74. The molecule has 0 fully saturated rings. The molecule has 0 aromatic heterocycles. The van der Waals surface area contributed by atoms with E-state index >= 15 is 0 Å². The van der Waals surface area contributed by atoms with Crippen LogP contribution in [0, 0.1) is 9.49 Å². The van der Waals surface area contributed by atoms with Crippen LogP contribution < -0.4 is 0 Å². The minimum atomic E-state index is 0.262. The third-order valence-corrected chi connectivity index (χ3v) is 2.72. The Labute approximate surface area is 99.0 Å². The standard InChI is InChI=1S/C12H15IO/c1-10(7-8-14)5-6-11-3-2-4-12(13)9-11/h2-6,9-10,14H,7-8H2,1H3. The second kappa shape index (κ2) is 6.19. The van der Waals surface area contributed by atoms with Gasteiger partial charge in [-0.1, -0.05) is 31.2 Å². The summed E-state index contributed by atoms with van der Waals surface area (Å²) in [4.78, 5) is 0. The summed E-state index contributed by atoms with van der Waals surface area (Å²) < 4.78 is 1.25. The molecule has 1 atom stereocenters. The van der Waals surface area contributed by atoms with E-state index in [4.69, 9.17) is 5.11 Å². The van der Waals surface area contributed by atoms with Gasteiger partial charge >= 0.3 is 0 Å². The monoisotopic (exact) mass is 302 g/mol. The minimum Gasteiger partial charge on any atom is -0.396 e. The summed E-state index contributed by atoms with van der Waals surface area (Å²) in [6.07, 6.45) is 5.09. The van der Waals surface area contributed by atoms with Crippen molar-refractivity contribution in [2.75, 3.05) is 6.61 Å². The largest absolute Gasteiger partial charge is 0.396 e. The van der Waals surface area contributed by atoms with Gasteiger partial charge < -0.3 is 5.11 Å². The fraction of sp³-hybridized carbons (Fsp3) is 0.333. The topological polar surface area (TPSA) is 20.2 Å². The zero-order chi connectivity index (χ0) is 10.4. The highest BCUT2D eigenvalue weighted by Crippen LogP contribution is 2.11. The van der Waals surface area contributed by atoms with E-state index in [-0.39, 0.29) is 6.61 Å². The number of aliphatic hydroxyl groups excluding tert-OH is 1. The van der Waals surface area contributed by atoms with Crippen LogP contribution in [0.25, 0.3) is 6.08 Å². The van der Waals surface area contributed by atoms with Crippen molar-refractivity contribution in [3.8, 4) is 0 Å². The summed E-state index contributed by atoms with van der Waals surface area (Å²) in [7, 11) is 0. The van der Waals surface area contributed by atoms with Gasteiger partial charge in [-0.05, 0) is 52.6 Å². The van der Waals surface area contributed by atoms with Crippen molar-refractivity contribution in [2.45, 2.75) is 13.3 Å². The van der Waals surface area contributed by atoms with Crippen molar-refractivity contribution in [3.63, 3.8) is 0 Å². The summed E-state index contributed by atoms with van der Waals surface area (Å²) in [5.74, 6) is 0.442. The maximum atomic E-state index is 8.74. The lowest BCUT2D eigenvalue weighted by Crippen LogP contribution is -1.92. The first-order chi connectivity index (χ1) is 6.72. The van der Waals surface area contributed by atoms with E-state index in [1.54, 1.807) is 0 Å². The van der Waals surface area contributed by atoms with Gasteiger partial charge in [0.1, 0.15) is 0 Å². The van der Waals surface area contributed by atoms with Gasteiger partial charge in [0.25, 0.3) is 0 Å². The van der Waals surface area contributed by atoms with Crippen molar-refractivity contribution in [1.82, 2.24) is 0 Å². The number of hydrogen-bond donors (Lipinski definition) is 1. The SMILES string of the molecule is CC(C=Cc1cccc(I)c1)CCO. The van der Waals surface area contributed by atoms with E-state index in [2.05, 4.69) is 65.9 Å². The van der Waals surface area contributed by atoms with Gasteiger partial charge in [0, 0.05) is 10.2 Å². The molecule has 0 spiro atoms. The summed E-state index contributed by atoms with van der Waals surface area (Å²) in [5.41, 5.74) is 1.22. The Morgan fingerprint density at radius 2 is 2.29 bits per heavy atom. The molecule has 76 valence electrons. The molecule has 0 aliphatic carbocycles. The molecule has 0 bridgehead atoms. The lowest BCUT2D eigenvalue weighted by atomic mass is 10.1. The lowest BCUT2D eigenvalue weighted by Gasteiger charge is -2.02. The van der Waals surface area contributed by atoms with Gasteiger partial charge in [-0.2, -0.15) is 0 Å². The van der Waals surface area contributed by atoms with Crippen molar-refractivity contribution in [1.29, 1.82) is 0 Å². The summed E-state index contributed by atoms with van der Waals surface area (Å²) in [6, 6.07) is 8.36. The molecule has 0 heterocycles. The van der Waals surface area contributed by atoms with Gasteiger partial charge in [-0.15, -0.1) is 0 Å².